The molecule has 0 saturated carbocycles. The van der Waals surface area contributed by atoms with Gasteiger partial charge in [0.05, 0.1) is 0 Å². The van der Waals surface area contributed by atoms with E-state index < -0.39 is 0 Å². The third kappa shape index (κ3) is 3.91. The maximum atomic E-state index is 3.57. The summed E-state index contributed by atoms with van der Waals surface area (Å²) >= 11 is 7.02. The molecular weight excluding hydrogens is 366 g/mol. The van der Waals surface area contributed by atoms with Gasteiger partial charge < -0.3 is 5.32 Å². The van der Waals surface area contributed by atoms with E-state index in [0.717, 1.165) is 15.5 Å². The van der Waals surface area contributed by atoms with Gasteiger partial charge in [-0.15, -0.1) is 0 Å². The van der Waals surface area contributed by atoms with E-state index in [0.29, 0.717) is 6.04 Å². The Morgan fingerprint density at radius 1 is 1.05 bits per heavy atom. The lowest BCUT2D eigenvalue weighted by Crippen LogP contribution is -2.18. The molecule has 0 aliphatic rings. The van der Waals surface area contributed by atoms with Gasteiger partial charge in [0.1, 0.15) is 0 Å². The monoisotopic (exact) mass is 381 g/mol. The van der Waals surface area contributed by atoms with Crippen LogP contribution in [0.4, 0.5) is 0 Å². The van der Waals surface area contributed by atoms with Crippen molar-refractivity contribution >= 4 is 31.9 Å². The van der Waals surface area contributed by atoms with Crippen LogP contribution in [0.2, 0.25) is 0 Å². The van der Waals surface area contributed by atoms with Crippen molar-refractivity contribution < 1.29 is 0 Å². The number of hydrogen-bond donors (Lipinski definition) is 1. The third-order valence-corrected chi connectivity index (χ3v) is 5.13. The summed E-state index contributed by atoms with van der Waals surface area (Å²) in [4.78, 5) is 0. The molecule has 1 atom stereocenters. The van der Waals surface area contributed by atoms with E-state index in [1.54, 1.807) is 0 Å². The van der Waals surface area contributed by atoms with Gasteiger partial charge in [0.15, 0.2) is 0 Å². The van der Waals surface area contributed by atoms with Crippen LogP contribution >= 0.6 is 31.9 Å². The molecule has 100 valence electrons. The Balaban J connectivity index is 2.02. The molecule has 0 aliphatic heterocycles. The maximum absolute atomic E-state index is 3.57. The highest BCUT2D eigenvalue weighted by Gasteiger charge is 2.07. The van der Waals surface area contributed by atoms with Crippen LogP contribution in [0.5, 0.6) is 0 Å². The van der Waals surface area contributed by atoms with Crippen molar-refractivity contribution in [1.29, 1.82) is 0 Å². The lowest BCUT2D eigenvalue weighted by atomic mass is 10.0. The van der Waals surface area contributed by atoms with Crippen LogP contribution in [0, 0.1) is 6.92 Å². The molecule has 0 amide bonds. The second-order valence-electron chi connectivity index (χ2n) is 4.71. The van der Waals surface area contributed by atoms with E-state index in [-0.39, 0.29) is 0 Å². The van der Waals surface area contributed by atoms with E-state index in [4.69, 9.17) is 0 Å². The van der Waals surface area contributed by atoms with Gasteiger partial charge in [-0.3, -0.25) is 0 Å². The van der Waals surface area contributed by atoms with Crippen LogP contribution in [0.3, 0.4) is 0 Å². The molecule has 0 aliphatic carbocycles. The van der Waals surface area contributed by atoms with Crippen molar-refractivity contribution in [3.63, 3.8) is 0 Å². The molecule has 1 N–H and O–H groups in total. The Morgan fingerprint density at radius 3 is 2.47 bits per heavy atom. The molecule has 2 aromatic rings. The van der Waals surface area contributed by atoms with Gasteiger partial charge in [-0.05, 0) is 74.5 Å². The summed E-state index contributed by atoms with van der Waals surface area (Å²) in [5.41, 5.74) is 3.97. The van der Waals surface area contributed by atoms with Crippen LogP contribution < -0.4 is 5.32 Å². The highest BCUT2D eigenvalue weighted by atomic mass is 79.9. The van der Waals surface area contributed by atoms with Gasteiger partial charge in [0.2, 0.25) is 0 Å². The summed E-state index contributed by atoms with van der Waals surface area (Å²) in [7, 11) is 0. The van der Waals surface area contributed by atoms with E-state index in [9.17, 15) is 0 Å². The van der Waals surface area contributed by atoms with Crippen molar-refractivity contribution in [1.82, 2.24) is 5.32 Å². The molecule has 19 heavy (non-hydrogen) atoms. The lowest BCUT2D eigenvalue weighted by molar-refractivity contribution is 0.572. The predicted molar refractivity (Wildman–Crippen MR) is 88.3 cm³/mol. The molecule has 0 spiro atoms. The topological polar surface area (TPSA) is 12.0 Å². The first-order chi connectivity index (χ1) is 9.08. The average molecular weight is 383 g/mol. The first-order valence-corrected chi connectivity index (χ1v) is 7.89. The second-order valence-corrected chi connectivity index (χ2v) is 6.42. The number of nitrogens with one attached hydrogen (secondary N) is 1. The van der Waals surface area contributed by atoms with Gasteiger partial charge in [-0.2, -0.15) is 0 Å². The SMILES string of the molecule is Cc1ccccc1[C@H](C)NCc1ccc(Br)c(Br)c1. The number of halogens is 2. The average Bonchev–Trinajstić information content (AvgIpc) is 2.40. The zero-order valence-corrected chi connectivity index (χ0v) is 14.3. The Morgan fingerprint density at radius 2 is 1.79 bits per heavy atom. The highest BCUT2D eigenvalue weighted by molar-refractivity contribution is 9.13. The first-order valence-electron chi connectivity index (χ1n) is 6.31. The smallest absolute Gasteiger partial charge is 0.0320 e. The van der Waals surface area contributed by atoms with Crippen LogP contribution in [-0.2, 0) is 6.54 Å². The summed E-state index contributed by atoms with van der Waals surface area (Å²) in [5.74, 6) is 0. The fourth-order valence-corrected chi connectivity index (χ4v) is 2.78. The van der Waals surface area contributed by atoms with Crippen molar-refractivity contribution in [2.24, 2.45) is 0 Å². The second kappa shape index (κ2) is 6.69. The first kappa shape index (κ1) is 14.8. The molecule has 0 bridgehead atoms. The Kier molecular flexibility index (Phi) is 5.20. The van der Waals surface area contributed by atoms with Crippen LogP contribution in [0.25, 0.3) is 0 Å². The van der Waals surface area contributed by atoms with Gasteiger partial charge in [-0.25, -0.2) is 0 Å². The number of hydrogen-bond acceptors (Lipinski definition) is 1. The van der Waals surface area contributed by atoms with Crippen molar-refractivity contribution in [2.45, 2.75) is 26.4 Å². The summed E-state index contributed by atoms with van der Waals surface area (Å²) in [6, 6.07) is 15.2. The van der Waals surface area contributed by atoms with Crippen molar-refractivity contribution in [3.8, 4) is 0 Å². The molecular formula is C16H17Br2N. The number of rotatable bonds is 4. The van der Waals surface area contributed by atoms with E-state index in [1.165, 1.54) is 16.7 Å². The molecule has 0 radical (unpaired) electrons. The van der Waals surface area contributed by atoms with Gasteiger partial charge >= 0.3 is 0 Å². The molecule has 0 saturated heterocycles. The van der Waals surface area contributed by atoms with E-state index in [1.807, 2.05) is 0 Å². The summed E-state index contributed by atoms with van der Waals surface area (Å²) in [6.07, 6.45) is 0. The Labute approximate surface area is 131 Å². The molecule has 0 aromatic heterocycles. The third-order valence-electron chi connectivity index (χ3n) is 3.25. The minimum atomic E-state index is 0.351. The zero-order valence-electron chi connectivity index (χ0n) is 11.1. The van der Waals surface area contributed by atoms with E-state index in [2.05, 4.69) is 93.5 Å². The summed E-state index contributed by atoms with van der Waals surface area (Å²) < 4.78 is 2.18. The summed E-state index contributed by atoms with van der Waals surface area (Å²) in [6.45, 7) is 5.22. The highest BCUT2D eigenvalue weighted by Crippen LogP contribution is 2.24. The fourth-order valence-electron chi connectivity index (χ4n) is 2.10. The fraction of sp³-hybridized carbons (Fsp3) is 0.250. The van der Waals surface area contributed by atoms with Crippen molar-refractivity contribution in [2.75, 3.05) is 0 Å². The Bertz CT molecular complexity index is 566. The van der Waals surface area contributed by atoms with Crippen LogP contribution in [0.1, 0.15) is 29.7 Å². The predicted octanol–water partition coefficient (Wildman–Crippen LogP) is 5.37. The maximum Gasteiger partial charge on any atom is 0.0320 e. The number of benzene rings is 2. The summed E-state index contributed by atoms with van der Waals surface area (Å²) in [5, 5.41) is 3.57. The lowest BCUT2D eigenvalue weighted by Gasteiger charge is -2.16. The van der Waals surface area contributed by atoms with Crippen molar-refractivity contribution in [3.05, 3.63) is 68.1 Å². The largest absolute Gasteiger partial charge is 0.306 e. The number of aryl methyl sites for hydroxylation is 1. The quantitative estimate of drug-likeness (QED) is 0.749. The minimum absolute atomic E-state index is 0.351. The van der Waals surface area contributed by atoms with Crippen LogP contribution in [0.15, 0.2) is 51.4 Å². The standard InChI is InChI=1S/C16H17Br2N/c1-11-5-3-4-6-14(11)12(2)19-10-13-7-8-15(17)16(18)9-13/h3-9,12,19H,10H2,1-2H3/t12-/m0/s1. The zero-order chi connectivity index (χ0) is 13.8. The van der Waals surface area contributed by atoms with E-state index >= 15 is 0 Å². The molecule has 1 nitrogen and oxygen atoms in total. The van der Waals surface area contributed by atoms with Gasteiger partial charge in [0.25, 0.3) is 0 Å². The molecule has 2 aromatic carbocycles. The normalized spacial score (nSPS) is 12.4. The molecule has 3 heteroatoms. The van der Waals surface area contributed by atoms with Gasteiger partial charge in [-0.1, -0.05) is 30.3 Å². The Hall–Kier alpha value is -0.640. The van der Waals surface area contributed by atoms with Gasteiger partial charge in [0, 0.05) is 21.5 Å². The molecule has 0 unspecified atom stereocenters. The molecule has 2 rings (SSSR count). The molecule has 0 fully saturated rings. The van der Waals surface area contributed by atoms with Crippen LogP contribution in [-0.4, -0.2) is 0 Å². The minimum Gasteiger partial charge on any atom is -0.306 e. The molecule has 0 heterocycles.